The number of ether oxygens (including phenoxy) is 2. The first-order valence-electron chi connectivity index (χ1n) is 10.8. The van der Waals surface area contributed by atoms with Crippen LogP contribution >= 0.6 is 0 Å². The summed E-state index contributed by atoms with van der Waals surface area (Å²) in [4.78, 5) is 18.2. The minimum Gasteiger partial charge on any atom is -0.481 e. The summed E-state index contributed by atoms with van der Waals surface area (Å²) >= 11 is 0. The molecule has 0 N–H and O–H groups in total. The van der Waals surface area contributed by atoms with E-state index in [9.17, 15) is 0 Å². The highest BCUT2D eigenvalue weighted by Gasteiger charge is 2.40. The van der Waals surface area contributed by atoms with Crippen molar-refractivity contribution in [2.75, 3.05) is 13.7 Å². The van der Waals surface area contributed by atoms with Crippen LogP contribution in [0.3, 0.4) is 0 Å². The lowest BCUT2D eigenvalue weighted by Gasteiger charge is -2.12. The van der Waals surface area contributed by atoms with Gasteiger partial charge in [0, 0.05) is 42.5 Å². The smallest absolute Gasteiger partial charge is 0.319 e. The maximum absolute atomic E-state index is 6.00. The molecule has 32 heavy (non-hydrogen) atoms. The van der Waals surface area contributed by atoms with Crippen LogP contribution in [-0.4, -0.2) is 43.4 Å². The van der Waals surface area contributed by atoms with E-state index in [0.717, 1.165) is 47.2 Å². The first-order chi connectivity index (χ1) is 15.6. The standard InChI is InChI=1S/C24H26N6O2/c1-15-19(7-6-16-12-26-30(2)13-16)28-24(29-23(15)31-3)32-14-17-11-18(17)20-8-9-21-22(27-20)5-4-10-25-21/h4-5,8-10,12-13,17-18H,6-7,11,14H2,1-3H3/t17-,18+/m1/s1. The van der Waals surface area contributed by atoms with E-state index in [1.807, 2.05) is 49.2 Å². The van der Waals surface area contributed by atoms with Crippen molar-refractivity contribution in [3.05, 3.63) is 65.4 Å². The number of rotatable bonds is 8. The molecule has 2 atom stereocenters. The van der Waals surface area contributed by atoms with Gasteiger partial charge in [-0.2, -0.15) is 15.1 Å². The molecule has 1 aliphatic rings. The van der Waals surface area contributed by atoms with Crippen LogP contribution in [-0.2, 0) is 19.9 Å². The Morgan fingerprint density at radius 2 is 2.00 bits per heavy atom. The van der Waals surface area contributed by atoms with Gasteiger partial charge in [0.05, 0.1) is 36.6 Å². The lowest BCUT2D eigenvalue weighted by atomic mass is 10.1. The Kier molecular flexibility index (Phi) is 5.43. The van der Waals surface area contributed by atoms with Gasteiger partial charge in [-0.1, -0.05) is 0 Å². The van der Waals surface area contributed by atoms with Crippen LogP contribution in [0.15, 0.2) is 42.9 Å². The first kappa shape index (κ1) is 20.4. The Bertz CT molecular complexity index is 1250. The van der Waals surface area contributed by atoms with Crippen molar-refractivity contribution >= 4 is 11.0 Å². The molecule has 1 fully saturated rings. The fourth-order valence-electron chi connectivity index (χ4n) is 4.04. The Labute approximate surface area is 186 Å². The predicted molar refractivity (Wildman–Crippen MR) is 120 cm³/mol. The van der Waals surface area contributed by atoms with Gasteiger partial charge in [0.15, 0.2) is 0 Å². The summed E-state index contributed by atoms with van der Waals surface area (Å²) in [7, 11) is 3.55. The molecule has 4 aromatic rings. The van der Waals surface area contributed by atoms with Crippen molar-refractivity contribution < 1.29 is 9.47 Å². The molecule has 8 heteroatoms. The third kappa shape index (κ3) is 4.26. The summed E-state index contributed by atoms with van der Waals surface area (Å²) in [5, 5.41) is 4.23. The second-order valence-electron chi connectivity index (χ2n) is 8.30. The second kappa shape index (κ2) is 8.53. The Hall–Kier alpha value is -3.55. The highest BCUT2D eigenvalue weighted by Crippen LogP contribution is 2.47. The number of nitrogens with zero attached hydrogens (tertiary/aromatic N) is 6. The molecule has 164 valence electrons. The van der Waals surface area contributed by atoms with Gasteiger partial charge in [0.1, 0.15) is 0 Å². The summed E-state index contributed by atoms with van der Waals surface area (Å²) in [6, 6.07) is 8.40. The summed E-state index contributed by atoms with van der Waals surface area (Å²) in [5.74, 6) is 1.37. The molecule has 0 aliphatic heterocycles. The van der Waals surface area contributed by atoms with E-state index in [0.29, 0.717) is 30.3 Å². The van der Waals surface area contributed by atoms with Gasteiger partial charge in [-0.05, 0) is 56.0 Å². The van der Waals surface area contributed by atoms with Gasteiger partial charge in [-0.15, -0.1) is 0 Å². The van der Waals surface area contributed by atoms with Gasteiger partial charge in [0.2, 0.25) is 5.88 Å². The maximum atomic E-state index is 6.00. The average molecular weight is 431 g/mol. The lowest BCUT2D eigenvalue weighted by molar-refractivity contribution is 0.266. The fourth-order valence-corrected chi connectivity index (χ4v) is 4.04. The Morgan fingerprint density at radius 3 is 2.81 bits per heavy atom. The molecule has 0 radical (unpaired) electrons. The van der Waals surface area contributed by atoms with Gasteiger partial charge in [-0.3, -0.25) is 14.6 Å². The lowest BCUT2D eigenvalue weighted by Crippen LogP contribution is -2.09. The molecular weight excluding hydrogens is 404 g/mol. The fraction of sp³-hybridized carbons (Fsp3) is 0.375. The average Bonchev–Trinajstić information content (AvgIpc) is 3.48. The van der Waals surface area contributed by atoms with Crippen LogP contribution in [0.2, 0.25) is 0 Å². The third-order valence-corrected chi connectivity index (χ3v) is 5.99. The molecule has 8 nitrogen and oxygen atoms in total. The minimum atomic E-state index is 0.370. The molecule has 0 bridgehead atoms. The SMILES string of the molecule is COc1nc(OC[C@H]2C[C@@H]2c2ccc3ncccc3n2)nc(CCc2cnn(C)c2)c1C. The van der Waals surface area contributed by atoms with E-state index in [1.165, 1.54) is 5.56 Å². The van der Waals surface area contributed by atoms with Crippen LogP contribution < -0.4 is 9.47 Å². The highest BCUT2D eigenvalue weighted by atomic mass is 16.5. The molecule has 0 spiro atoms. The number of pyridine rings is 2. The summed E-state index contributed by atoms with van der Waals surface area (Å²) in [6.07, 6.45) is 8.37. The van der Waals surface area contributed by atoms with Gasteiger partial charge in [0.25, 0.3) is 0 Å². The number of hydrogen-bond donors (Lipinski definition) is 0. The predicted octanol–water partition coefficient (Wildman–Crippen LogP) is 3.44. The Balaban J connectivity index is 1.24. The van der Waals surface area contributed by atoms with Crippen molar-refractivity contribution in [3.8, 4) is 11.9 Å². The quantitative estimate of drug-likeness (QED) is 0.423. The zero-order chi connectivity index (χ0) is 22.1. The summed E-state index contributed by atoms with van der Waals surface area (Å²) in [6.45, 7) is 2.55. The number of aromatic nitrogens is 6. The molecule has 0 amide bonds. The van der Waals surface area contributed by atoms with Crippen LogP contribution in [0, 0.1) is 12.8 Å². The van der Waals surface area contributed by atoms with Crippen LogP contribution in [0.5, 0.6) is 11.9 Å². The van der Waals surface area contributed by atoms with Crippen LogP contribution in [0.25, 0.3) is 11.0 Å². The van der Waals surface area contributed by atoms with Crippen molar-refractivity contribution in [2.45, 2.75) is 32.1 Å². The largest absolute Gasteiger partial charge is 0.481 e. The zero-order valence-electron chi connectivity index (χ0n) is 18.5. The van der Waals surface area contributed by atoms with E-state index < -0.39 is 0 Å². The van der Waals surface area contributed by atoms with Crippen molar-refractivity contribution in [3.63, 3.8) is 0 Å². The van der Waals surface area contributed by atoms with E-state index in [4.69, 9.17) is 14.5 Å². The minimum absolute atomic E-state index is 0.370. The number of hydrogen-bond acceptors (Lipinski definition) is 7. The van der Waals surface area contributed by atoms with E-state index >= 15 is 0 Å². The molecule has 4 aromatic heterocycles. The topological polar surface area (TPSA) is 87.8 Å². The molecule has 4 heterocycles. The van der Waals surface area contributed by atoms with Crippen LogP contribution in [0.1, 0.15) is 34.9 Å². The van der Waals surface area contributed by atoms with Crippen LogP contribution in [0.4, 0.5) is 0 Å². The van der Waals surface area contributed by atoms with Crippen molar-refractivity contribution in [2.24, 2.45) is 13.0 Å². The molecule has 0 aromatic carbocycles. The third-order valence-electron chi connectivity index (χ3n) is 5.99. The second-order valence-corrected chi connectivity index (χ2v) is 8.30. The van der Waals surface area contributed by atoms with Gasteiger partial charge < -0.3 is 9.47 Å². The molecule has 1 aliphatic carbocycles. The molecule has 5 rings (SSSR count). The normalized spacial score (nSPS) is 17.5. The van der Waals surface area contributed by atoms with E-state index in [-0.39, 0.29) is 0 Å². The van der Waals surface area contributed by atoms with E-state index in [2.05, 4.69) is 26.1 Å². The molecule has 0 saturated heterocycles. The van der Waals surface area contributed by atoms with Crippen molar-refractivity contribution in [1.82, 2.24) is 29.7 Å². The maximum Gasteiger partial charge on any atom is 0.319 e. The molecular formula is C24H26N6O2. The Morgan fingerprint density at radius 1 is 1.09 bits per heavy atom. The highest BCUT2D eigenvalue weighted by molar-refractivity contribution is 5.73. The first-order valence-corrected chi connectivity index (χ1v) is 10.8. The summed E-state index contributed by atoms with van der Waals surface area (Å²) in [5.41, 5.74) is 6.00. The molecule has 0 unspecified atom stereocenters. The molecule has 1 saturated carbocycles. The van der Waals surface area contributed by atoms with Gasteiger partial charge in [-0.25, -0.2) is 0 Å². The van der Waals surface area contributed by atoms with Gasteiger partial charge >= 0.3 is 6.01 Å². The van der Waals surface area contributed by atoms with Crippen molar-refractivity contribution in [1.29, 1.82) is 0 Å². The number of methoxy groups -OCH3 is 1. The van der Waals surface area contributed by atoms with E-state index in [1.54, 1.807) is 13.3 Å². The summed E-state index contributed by atoms with van der Waals surface area (Å²) < 4.78 is 13.3. The monoisotopic (exact) mass is 430 g/mol. The number of fused-ring (bicyclic) bond motifs is 1. The zero-order valence-corrected chi connectivity index (χ0v) is 18.5. The number of aryl methyl sites for hydroxylation is 3.